The molecule has 0 bridgehead atoms. The number of hydrogen-bond donors (Lipinski definition) is 3. The fourth-order valence-corrected chi connectivity index (χ4v) is 9.37. The van der Waals surface area contributed by atoms with Gasteiger partial charge in [-0.3, -0.25) is 24.1 Å². The number of benzene rings is 2. The molecule has 3 atom stereocenters. The van der Waals surface area contributed by atoms with Gasteiger partial charge in [0.15, 0.2) is 0 Å². The maximum Gasteiger partial charge on any atom is 0.335 e. The predicted molar refractivity (Wildman–Crippen MR) is 221 cm³/mol. The maximum atomic E-state index is 14.0. The average molecular weight is 797 g/mol. The van der Waals surface area contributed by atoms with Crippen molar-refractivity contribution in [1.82, 2.24) is 20.4 Å². The third-order valence-corrected chi connectivity index (χ3v) is 12.7. The molecule has 57 heavy (non-hydrogen) atoms. The molecule has 2 aromatic rings. The number of amides is 3. The second-order valence-electron chi connectivity index (χ2n) is 15.6. The highest BCUT2D eigenvalue weighted by molar-refractivity contribution is 8.04. The van der Waals surface area contributed by atoms with Crippen molar-refractivity contribution in [3.63, 3.8) is 0 Å². The number of aryl methyl sites for hydroxylation is 1. The SMILES string of the molecule is CCOC(=O)CCCC(=O)N(C)CCN(Cc1cccc(C(=O)NC2SC3=C(CCCC3)C2C(=O)NC2=CCC(CCc3ccc(C(=O)O)cc3)C=C2)c1)C1CC1. The first-order valence-corrected chi connectivity index (χ1v) is 21.4. The normalized spacial score (nSPS) is 20.1. The average Bonchev–Trinajstić information content (AvgIpc) is 3.99. The van der Waals surface area contributed by atoms with Crippen LogP contribution in [0.4, 0.5) is 0 Å². The van der Waals surface area contributed by atoms with E-state index in [0.29, 0.717) is 56.6 Å². The van der Waals surface area contributed by atoms with Gasteiger partial charge < -0.3 is 25.4 Å². The third kappa shape index (κ3) is 11.9. The molecular weight excluding hydrogens is 741 g/mol. The molecule has 1 fully saturated rings. The van der Waals surface area contributed by atoms with Gasteiger partial charge in [0.2, 0.25) is 11.8 Å². The Bertz CT molecular complexity index is 1890. The Morgan fingerprint density at radius 3 is 2.46 bits per heavy atom. The predicted octanol–water partition coefficient (Wildman–Crippen LogP) is 7.00. The van der Waals surface area contributed by atoms with Gasteiger partial charge >= 0.3 is 11.9 Å². The van der Waals surface area contributed by atoms with Crippen LogP contribution in [0.5, 0.6) is 0 Å². The van der Waals surface area contributed by atoms with Crippen molar-refractivity contribution >= 4 is 41.4 Å². The molecule has 4 aliphatic rings. The number of carbonyl (C=O) groups excluding carboxylic acids is 4. The molecule has 1 aliphatic heterocycles. The van der Waals surface area contributed by atoms with E-state index in [4.69, 9.17) is 9.84 Å². The lowest BCUT2D eigenvalue weighted by atomic mass is 9.88. The minimum Gasteiger partial charge on any atom is -0.478 e. The number of aromatic carboxylic acids is 1. The molecule has 0 aromatic heterocycles. The fourth-order valence-electron chi connectivity index (χ4n) is 7.83. The van der Waals surface area contributed by atoms with Gasteiger partial charge in [-0.2, -0.15) is 0 Å². The molecule has 0 radical (unpaired) electrons. The van der Waals surface area contributed by atoms with Crippen molar-refractivity contribution in [2.45, 2.75) is 102 Å². The van der Waals surface area contributed by atoms with Crippen LogP contribution in [0.15, 0.2) is 82.9 Å². The Balaban J connectivity index is 1.01. The number of nitrogens with zero attached hydrogens (tertiary/aromatic N) is 2. The second kappa shape index (κ2) is 20.1. The summed E-state index contributed by atoms with van der Waals surface area (Å²) in [7, 11) is 1.80. The number of carbonyl (C=O) groups is 5. The number of carboxylic acid groups (broad SMARTS) is 1. The van der Waals surface area contributed by atoms with Crippen molar-refractivity contribution < 1.29 is 33.8 Å². The molecule has 0 saturated heterocycles. The number of rotatable bonds is 19. The zero-order chi connectivity index (χ0) is 40.3. The largest absolute Gasteiger partial charge is 0.478 e. The number of ether oxygens (including phenoxy) is 1. The number of allylic oxidation sites excluding steroid dienone is 4. The summed E-state index contributed by atoms with van der Waals surface area (Å²) in [6.07, 6.45) is 15.9. The summed E-state index contributed by atoms with van der Waals surface area (Å²) in [4.78, 5) is 68.7. The van der Waals surface area contributed by atoms with E-state index in [9.17, 15) is 24.0 Å². The Hall–Kier alpha value is -4.68. The molecule has 2 aromatic carbocycles. The van der Waals surface area contributed by atoms with Gasteiger partial charge in [0.05, 0.1) is 23.5 Å². The van der Waals surface area contributed by atoms with Crippen LogP contribution in [0.25, 0.3) is 0 Å². The van der Waals surface area contributed by atoms with Crippen LogP contribution >= 0.6 is 11.8 Å². The Labute approximate surface area is 340 Å². The quantitative estimate of drug-likeness (QED) is 0.128. The molecule has 3 unspecified atom stereocenters. The molecule has 3 amide bonds. The first-order chi connectivity index (χ1) is 27.6. The lowest BCUT2D eigenvalue weighted by molar-refractivity contribution is -0.143. The number of carboxylic acids is 1. The summed E-state index contributed by atoms with van der Waals surface area (Å²) in [6.45, 7) is 4.07. The van der Waals surface area contributed by atoms with Gasteiger partial charge in [-0.1, -0.05) is 36.4 Å². The molecule has 0 spiro atoms. The first kappa shape index (κ1) is 41.9. The highest BCUT2D eigenvalue weighted by atomic mass is 32.2. The van der Waals surface area contributed by atoms with Gasteiger partial charge in [0, 0.05) is 56.8 Å². The summed E-state index contributed by atoms with van der Waals surface area (Å²) in [6, 6.07) is 15.2. The van der Waals surface area contributed by atoms with Crippen LogP contribution < -0.4 is 10.6 Å². The topological polar surface area (TPSA) is 145 Å². The van der Waals surface area contributed by atoms with Gasteiger partial charge in [0.1, 0.15) is 0 Å². The minimum absolute atomic E-state index is 0.0120. The van der Waals surface area contributed by atoms with Crippen molar-refractivity contribution in [2.75, 3.05) is 26.7 Å². The number of likely N-dealkylation sites (N-methyl/N-ethyl adjacent to an activating group) is 1. The monoisotopic (exact) mass is 796 g/mol. The molecule has 1 saturated carbocycles. The molecule has 1 heterocycles. The number of hydrogen-bond acceptors (Lipinski definition) is 8. The highest BCUT2D eigenvalue weighted by Crippen LogP contribution is 2.48. The first-order valence-electron chi connectivity index (χ1n) is 20.5. The second-order valence-corrected chi connectivity index (χ2v) is 16.8. The molecule has 12 heteroatoms. The van der Waals surface area contributed by atoms with Crippen molar-refractivity contribution in [3.05, 3.63) is 105 Å². The Morgan fingerprint density at radius 2 is 1.74 bits per heavy atom. The zero-order valence-corrected chi connectivity index (χ0v) is 34.0. The minimum atomic E-state index is -0.926. The van der Waals surface area contributed by atoms with Crippen LogP contribution in [0, 0.1) is 11.8 Å². The van der Waals surface area contributed by atoms with Gasteiger partial charge in [-0.05, 0) is 129 Å². The summed E-state index contributed by atoms with van der Waals surface area (Å²) >= 11 is 1.62. The molecule has 304 valence electrons. The van der Waals surface area contributed by atoms with E-state index in [1.54, 1.807) is 42.8 Å². The van der Waals surface area contributed by atoms with Crippen LogP contribution in [0.2, 0.25) is 0 Å². The van der Waals surface area contributed by atoms with E-state index < -0.39 is 17.3 Å². The summed E-state index contributed by atoms with van der Waals surface area (Å²) in [5.74, 6) is -1.61. The molecule has 11 nitrogen and oxygen atoms in total. The molecule has 3 N–H and O–H groups in total. The van der Waals surface area contributed by atoms with E-state index in [2.05, 4.69) is 27.7 Å². The van der Waals surface area contributed by atoms with Crippen molar-refractivity contribution in [2.24, 2.45) is 11.8 Å². The molecular formula is C45H56N4O7S. The highest BCUT2D eigenvalue weighted by Gasteiger charge is 2.42. The van der Waals surface area contributed by atoms with E-state index in [1.165, 1.54) is 4.91 Å². The smallest absolute Gasteiger partial charge is 0.335 e. The van der Waals surface area contributed by atoms with Crippen LogP contribution in [0.1, 0.15) is 109 Å². The van der Waals surface area contributed by atoms with E-state index in [-0.39, 0.29) is 35.7 Å². The van der Waals surface area contributed by atoms with Crippen LogP contribution in [-0.2, 0) is 32.1 Å². The standard InChI is InChI=1S/C45H56N4O7S/c1-3-56-40(51)13-7-12-39(50)48(2)26-27-49(36-24-25-36)29-32-8-6-9-34(28-32)42(52)47-44-41(37-10-4-5-11-38(37)57-44)43(53)46-35-22-18-31(19-23-35)15-14-30-16-20-33(21-17-30)45(54)55/h6,8-9,16-18,20-23,28,31,36,41,44H,3-5,7,10-15,19,24-27,29H2,1-2H3,(H,46,53)(H,47,52)(H,54,55). The molecule has 3 aliphatic carbocycles. The summed E-state index contributed by atoms with van der Waals surface area (Å²) in [5.41, 5.74) is 4.89. The fraction of sp³-hybridized carbons (Fsp3) is 0.489. The zero-order valence-electron chi connectivity index (χ0n) is 33.2. The lowest BCUT2D eigenvalue weighted by Crippen LogP contribution is -2.44. The van der Waals surface area contributed by atoms with Gasteiger partial charge in [0.25, 0.3) is 5.91 Å². The van der Waals surface area contributed by atoms with Crippen LogP contribution in [0.3, 0.4) is 0 Å². The number of esters is 1. The number of nitrogens with one attached hydrogen (secondary N) is 2. The third-order valence-electron chi connectivity index (χ3n) is 11.3. The van der Waals surface area contributed by atoms with Gasteiger partial charge in [-0.25, -0.2) is 4.79 Å². The Morgan fingerprint density at radius 1 is 0.947 bits per heavy atom. The van der Waals surface area contributed by atoms with E-state index in [0.717, 1.165) is 80.2 Å². The van der Waals surface area contributed by atoms with Crippen LogP contribution in [-0.4, -0.2) is 82.7 Å². The Kier molecular flexibility index (Phi) is 14.8. The van der Waals surface area contributed by atoms with E-state index in [1.807, 2.05) is 42.5 Å². The van der Waals surface area contributed by atoms with E-state index >= 15 is 0 Å². The van der Waals surface area contributed by atoms with Crippen molar-refractivity contribution in [3.8, 4) is 0 Å². The van der Waals surface area contributed by atoms with Crippen molar-refractivity contribution in [1.29, 1.82) is 0 Å². The summed E-state index contributed by atoms with van der Waals surface area (Å²) in [5, 5.41) is 15.2. The summed E-state index contributed by atoms with van der Waals surface area (Å²) < 4.78 is 4.96. The maximum absolute atomic E-state index is 14.0. The van der Waals surface area contributed by atoms with Gasteiger partial charge in [-0.15, -0.1) is 11.8 Å². The number of thioether (sulfide) groups is 1. The molecule has 6 rings (SSSR count). The lowest BCUT2D eigenvalue weighted by Gasteiger charge is -2.26.